The quantitative estimate of drug-likeness (QED) is 0.787. The highest BCUT2D eigenvalue weighted by atomic mass is 79.9. The van der Waals surface area contributed by atoms with Crippen LogP contribution in [0.1, 0.15) is 25.5 Å². The maximum absolute atomic E-state index is 5.94. The highest BCUT2D eigenvalue weighted by molar-refractivity contribution is 9.10. The Labute approximate surface area is 130 Å². The lowest BCUT2D eigenvalue weighted by Gasteiger charge is -2.31. The van der Waals surface area contributed by atoms with Gasteiger partial charge in [-0.25, -0.2) is 0 Å². The lowest BCUT2D eigenvalue weighted by atomic mass is 10.1. The number of methoxy groups -OCH3 is 2. The van der Waals surface area contributed by atoms with E-state index in [1.165, 1.54) is 0 Å². The van der Waals surface area contributed by atoms with Crippen LogP contribution in [0.5, 0.6) is 0 Å². The Bertz CT molecular complexity index is 413. The topological polar surface area (TPSA) is 47.7 Å². The van der Waals surface area contributed by atoms with Crippen molar-refractivity contribution in [3.05, 3.63) is 28.2 Å². The van der Waals surface area contributed by atoms with Crippen LogP contribution in [0, 0.1) is 0 Å². The first-order chi connectivity index (χ1) is 9.51. The molecule has 0 saturated carbocycles. The molecule has 2 N–H and O–H groups in total. The minimum Gasteiger partial charge on any atom is -0.383 e. The number of hydrogen-bond acceptors (Lipinski definition) is 4. The maximum Gasteiger partial charge on any atom is 0.0663 e. The number of anilines is 1. The number of ether oxygens (including phenoxy) is 2. The molecule has 0 spiro atoms. The number of nitrogens with zero attached hydrogens (tertiary/aromatic N) is 1. The van der Waals surface area contributed by atoms with Gasteiger partial charge in [0.1, 0.15) is 0 Å². The standard InChI is InChI=1S/C15H25BrN2O2/c1-11(10-20-4)18(7-8-19-3)13-5-6-14(12(2)17)15(16)9-13/h5-6,9,11-12H,7-8,10,17H2,1-4H3/t11?,12-/m1/s1. The Balaban J connectivity index is 2.97. The van der Waals surface area contributed by atoms with Crippen molar-refractivity contribution in [1.82, 2.24) is 0 Å². The smallest absolute Gasteiger partial charge is 0.0663 e. The second-order valence-corrected chi connectivity index (χ2v) is 5.84. The molecule has 0 aliphatic rings. The van der Waals surface area contributed by atoms with Crippen molar-refractivity contribution in [2.75, 3.05) is 38.9 Å². The van der Waals surface area contributed by atoms with E-state index in [0.29, 0.717) is 13.2 Å². The minimum absolute atomic E-state index is 0.0160. The molecule has 2 atom stereocenters. The van der Waals surface area contributed by atoms with E-state index in [4.69, 9.17) is 15.2 Å². The average molecular weight is 345 g/mol. The van der Waals surface area contributed by atoms with Gasteiger partial charge < -0.3 is 20.1 Å². The lowest BCUT2D eigenvalue weighted by Crippen LogP contribution is -2.38. The van der Waals surface area contributed by atoms with Crippen LogP contribution in [0.3, 0.4) is 0 Å². The van der Waals surface area contributed by atoms with E-state index in [0.717, 1.165) is 22.3 Å². The van der Waals surface area contributed by atoms with Crippen LogP contribution in [-0.2, 0) is 9.47 Å². The first kappa shape index (κ1) is 17.4. The fraction of sp³-hybridized carbons (Fsp3) is 0.600. The zero-order valence-electron chi connectivity index (χ0n) is 12.7. The van der Waals surface area contributed by atoms with Gasteiger partial charge in [-0.3, -0.25) is 0 Å². The SMILES string of the molecule is COCCN(c1ccc([C@@H](C)N)c(Br)c1)C(C)COC. The number of benzene rings is 1. The van der Waals surface area contributed by atoms with E-state index in [-0.39, 0.29) is 12.1 Å². The van der Waals surface area contributed by atoms with Gasteiger partial charge >= 0.3 is 0 Å². The van der Waals surface area contributed by atoms with Gasteiger partial charge in [-0.15, -0.1) is 0 Å². The maximum atomic E-state index is 5.94. The first-order valence-electron chi connectivity index (χ1n) is 6.80. The summed E-state index contributed by atoms with van der Waals surface area (Å²) in [6.07, 6.45) is 0. The molecule has 1 unspecified atom stereocenters. The third-order valence-corrected chi connectivity index (χ3v) is 3.97. The first-order valence-corrected chi connectivity index (χ1v) is 7.60. The molecule has 1 aromatic rings. The predicted octanol–water partition coefficient (Wildman–Crippen LogP) is 2.96. The van der Waals surface area contributed by atoms with Crippen molar-refractivity contribution in [3.8, 4) is 0 Å². The lowest BCUT2D eigenvalue weighted by molar-refractivity contribution is 0.171. The summed E-state index contributed by atoms with van der Waals surface area (Å²) in [4.78, 5) is 2.28. The second-order valence-electron chi connectivity index (χ2n) is 4.99. The summed E-state index contributed by atoms with van der Waals surface area (Å²) in [7, 11) is 3.44. The molecule has 0 aromatic heterocycles. The van der Waals surface area contributed by atoms with Crippen LogP contribution in [0.15, 0.2) is 22.7 Å². The summed E-state index contributed by atoms with van der Waals surface area (Å²) in [6, 6.07) is 6.58. The van der Waals surface area contributed by atoms with Gasteiger partial charge in [0.2, 0.25) is 0 Å². The van der Waals surface area contributed by atoms with E-state index in [2.05, 4.69) is 46.0 Å². The van der Waals surface area contributed by atoms with E-state index >= 15 is 0 Å². The molecule has 0 radical (unpaired) electrons. The van der Waals surface area contributed by atoms with E-state index in [1.54, 1.807) is 14.2 Å². The van der Waals surface area contributed by atoms with E-state index < -0.39 is 0 Å². The Morgan fingerprint density at radius 3 is 2.45 bits per heavy atom. The van der Waals surface area contributed by atoms with E-state index in [9.17, 15) is 0 Å². The van der Waals surface area contributed by atoms with Crippen LogP contribution < -0.4 is 10.6 Å². The molecular formula is C15H25BrN2O2. The molecule has 0 bridgehead atoms. The molecule has 0 heterocycles. The second kappa shape index (κ2) is 8.62. The molecule has 0 aliphatic carbocycles. The van der Waals surface area contributed by atoms with Crippen LogP contribution in [0.2, 0.25) is 0 Å². The summed E-state index contributed by atoms with van der Waals surface area (Å²) in [5, 5.41) is 0. The zero-order chi connectivity index (χ0) is 15.1. The van der Waals surface area contributed by atoms with Gasteiger partial charge in [-0.1, -0.05) is 22.0 Å². The summed E-state index contributed by atoms with van der Waals surface area (Å²) in [6.45, 7) is 6.31. The van der Waals surface area contributed by atoms with Crippen molar-refractivity contribution in [2.24, 2.45) is 5.73 Å². The fourth-order valence-corrected chi connectivity index (χ4v) is 2.92. The molecule has 5 heteroatoms. The molecule has 0 amide bonds. The molecule has 0 aliphatic heterocycles. The monoisotopic (exact) mass is 344 g/mol. The van der Waals surface area contributed by atoms with Crippen LogP contribution in [-0.4, -0.2) is 40.0 Å². The highest BCUT2D eigenvalue weighted by Crippen LogP contribution is 2.28. The van der Waals surface area contributed by atoms with E-state index in [1.807, 2.05) is 6.92 Å². The number of nitrogens with two attached hydrogens (primary N) is 1. The van der Waals surface area contributed by atoms with Gasteiger partial charge in [0.25, 0.3) is 0 Å². The molecule has 20 heavy (non-hydrogen) atoms. The molecule has 4 nitrogen and oxygen atoms in total. The summed E-state index contributed by atoms with van der Waals surface area (Å²) in [5.74, 6) is 0. The Hall–Kier alpha value is -0.620. The average Bonchev–Trinajstić information content (AvgIpc) is 2.39. The largest absolute Gasteiger partial charge is 0.383 e. The van der Waals surface area contributed by atoms with Crippen LogP contribution in [0.4, 0.5) is 5.69 Å². The predicted molar refractivity (Wildman–Crippen MR) is 87.3 cm³/mol. The molecule has 1 rings (SSSR count). The molecule has 114 valence electrons. The Kier molecular flexibility index (Phi) is 7.51. The number of hydrogen-bond donors (Lipinski definition) is 1. The molecule has 0 saturated heterocycles. The molecule has 1 aromatic carbocycles. The zero-order valence-corrected chi connectivity index (χ0v) is 14.3. The van der Waals surface area contributed by atoms with Gasteiger partial charge in [0.05, 0.1) is 13.2 Å². The van der Waals surface area contributed by atoms with Crippen molar-refractivity contribution in [2.45, 2.75) is 25.9 Å². The fourth-order valence-electron chi connectivity index (χ4n) is 2.19. The molecule has 0 fully saturated rings. The third kappa shape index (κ3) is 4.74. The number of halogens is 1. The van der Waals surface area contributed by atoms with Crippen molar-refractivity contribution in [3.63, 3.8) is 0 Å². The minimum atomic E-state index is 0.0160. The molecular weight excluding hydrogens is 320 g/mol. The Morgan fingerprint density at radius 1 is 1.25 bits per heavy atom. The van der Waals surface area contributed by atoms with Gasteiger partial charge in [-0.2, -0.15) is 0 Å². The normalized spacial score (nSPS) is 14.1. The number of rotatable bonds is 8. The highest BCUT2D eigenvalue weighted by Gasteiger charge is 2.16. The van der Waals surface area contributed by atoms with Crippen molar-refractivity contribution < 1.29 is 9.47 Å². The van der Waals surface area contributed by atoms with Crippen molar-refractivity contribution in [1.29, 1.82) is 0 Å². The summed E-state index contributed by atoms with van der Waals surface area (Å²) < 4.78 is 11.5. The van der Waals surface area contributed by atoms with Crippen molar-refractivity contribution >= 4 is 21.6 Å². The summed E-state index contributed by atoms with van der Waals surface area (Å²) in [5.41, 5.74) is 8.20. The third-order valence-electron chi connectivity index (χ3n) is 3.28. The van der Waals surface area contributed by atoms with Crippen LogP contribution in [0.25, 0.3) is 0 Å². The van der Waals surface area contributed by atoms with Gasteiger partial charge in [0.15, 0.2) is 0 Å². The summed E-state index contributed by atoms with van der Waals surface area (Å²) >= 11 is 3.60. The Morgan fingerprint density at radius 2 is 1.95 bits per heavy atom. The van der Waals surface area contributed by atoms with Gasteiger partial charge in [-0.05, 0) is 31.5 Å². The van der Waals surface area contributed by atoms with Crippen LogP contribution >= 0.6 is 15.9 Å². The van der Waals surface area contributed by atoms with Gasteiger partial charge in [0, 0.05) is 43.0 Å².